The number of hydrogen-bond donors (Lipinski definition) is 1. The summed E-state index contributed by atoms with van der Waals surface area (Å²) in [5.41, 5.74) is -0.00180. The largest absolute Gasteiger partial charge is 0.481 e. The number of halogens is 1. The first-order valence-electron chi connectivity index (χ1n) is 7.43. The third-order valence-electron chi connectivity index (χ3n) is 4.05. The van der Waals surface area contributed by atoms with Gasteiger partial charge in [0.25, 0.3) is 17.5 Å². The van der Waals surface area contributed by atoms with E-state index in [1.165, 1.54) is 18.2 Å². The molecule has 1 atom stereocenters. The summed E-state index contributed by atoms with van der Waals surface area (Å²) < 4.78 is 0. The molecule has 0 spiro atoms. The average Bonchev–Trinajstić information content (AvgIpc) is 2.85. The summed E-state index contributed by atoms with van der Waals surface area (Å²) in [6, 6.07) is 8.30. The van der Waals surface area contributed by atoms with Crippen LogP contribution in [0.2, 0.25) is 5.02 Å². The number of rotatable bonds is 5. The van der Waals surface area contributed by atoms with Gasteiger partial charge in [0.05, 0.1) is 28.5 Å². The molecule has 0 saturated heterocycles. The van der Waals surface area contributed by atoms with Crippen molar-refractivity contribution in [2.45, 2.75) is 12.5 Å². The molecule has 0 bridgehead atoms. The van der Waals surface area contributed by atoms with Crippen molar-refractivity contribution in [2.75, 3.05) is 0 Å². The highest BCUT2D eigenvalue weighted by Gasteiger charge is 2.42. The quantitative estimate of drug-likeness (QED) is 0.488. The van der Waals surface area contributed by atoms with E-state index in [-0.39, 0.29) is 27.4 Å². The number of non-ortho nitro benzene ring substituents is 1. The molecule has 1 N–H and O–H groups in total. The zero-order chi connectivity index (χ0) is 19.0. The van der Waals surface area contributed by atoms with E-state index in [0.717, 1.165) is 17.0 Å². The second-order valence-corrected chi connectivity index (χ2v) is 6.01. The minimum absolute atomic E-state index is 0.0257. The fourth-order valence-electron chi connectivity index (χ4n) is 2.90. The van der Waals surface area contributed by atoms with Gasteiger partial charge in [-0.2, -0.15) is 0 Å². The highest BCUT2D eigenvalue weighted by atomic mass is 35.5. The third kappa shape index (κ3) is 2.91. The van der Waals surface area contributed by atoms with Gasteiger partial charge in [-0.15, -0.1) is 0 Å². The molecule has 2 aromatic rings. The van der Waals surface area contributed by atoms with Gasteiger partial charge in [-0.05, 0) is 18.2 Å². The molecule has 1 unspecified atom stereocenters. The zero-order valence-electron chi connectivity index (χ0n) is 13.1. The van der Waals surface area contributed by atoms with Crippen LogP contribution in [0.5, 0.6) is 0 Å². The monoisotopic (exact) mass is 374 g/mol. The Morgan fingerprint density at radius 2 is 1.73 bits per heavy atom. The average molecular weight is 375 g/mol. The van der Waals surface area contributed by atoms with Crippen LogP contribution in [-0.4, -0.2) is 32.7 Å². The Morgan fingerprint density at radius 3 is 2.23 bits per heavy atom. The van der Waals surface area contributed by atoms with Crippen LogP contribution in [0.4, 0.5) is 5.69 Å². The number of imide groups is 1. The van der Waals surface area contributed by atoms with Crippen LogP contribution >= 0.6 is 11.6 Å². The van der Waals surface area contributed by atoms with Crippen molar-refractivity contribution >= 4 is 35.1 Å². The second kappa shape index (κ2) is 6.57. The van der Waals surface area contributed by atoms with E-state index in [9.17, 15) is 29.6 Å². The van der Waals surface area contributed by atoms with E-state index in [2.05, 4.69) is 0 Å². The predicted octanol–water partition coefficient (Wildman–Crippen LogP) is 3.06. The highest BCUT2D eigenvalue weighted by Crippen LogP contribution is 2.37. The van der Waals surface area contributed by atoms with Gasteiger partial charge in [-0.3, -0.25) is 29.4 Å². The highest BCUT2D eigenvalue weighted by molar-refractivity contribution is 6.31. The minimum Gasteiger partial charge on any atom is -0.481 e. The Bertz CT molecular complexity index is 923. The molecular formula is C17H11ClN2O6. The second-order valence-electron chi connectivity index (χ2n) is 5.60. The zero-order valence-corrected chi connectivity index (χ0v) is 13.8. The fraction of sp³-hybridized carbons (Fsp3) is 0.118. The number of carboxylic acid groups (broad SMARTS) is 1. The summed E-state index contributed by atoms with van der Waals surface area (Å²) in [6.45, 7) is 0. The predicted molar refractivity (Wildman–Crippen MR) is 90.0 cm³/mol. The van der Waals surface area contributed by atoms with Crippen molar-refractivity contribution in [3.8, 4) is 0 Å². The maximum Gasteiger partial charge on any atom is 0.305 e. The van der Waals surface area contributed by atoms with Crippen molar-refractivity contribution in [2.24, 2.45) is 0 Å². The molecule has 9 heteroatoms. The smallest absolute Gasteiger partial charge is 0.305 e. The van der Waals surface area contributed by atoms with Gasteiger partial charge in [0.1, 0.15) is 0 Å². The normalized spacial score (nSPS) is 14.3. The third-order valence-corrected chi connectivity index (χ3v) is 4.40. The molecule has 26 heavy (non-hydrogen) atoms. The standard InChI is InChI=1S/C17H11ClN2O6/c18-13-6-5-9(20(25)26)7-12(13)14(8-15(21)22)19-16(23)10-3-1-2-4-11(10)17(19)24/h1-7,14H,8H2,(H,21,22). The maximum atomic E-state index is 12.7. The number of amides is 2. The van der Waals surface area contributed by atoms with Crippen LogP contribution in [0.25, 0.3) is 0 Å². The number of carbonyl (C=O) groups excluding carboxylic acids is 2. The van der Waals surface area contributed by atoms with Crippen LogP contribution in [0.15, 0.2) is 42.5 Å². The lowest BCUT2D eigenvalue weighted by Gasteiger charge is -2.26. The number of carboxylic acids is 1. The summed E-state index contributed by atoms with van der Waals surface area (Å²) in [5, 5.41) is 20.3. The molecule has 3 rings (SSSR count). The summed E-state index contributed by atoms with van der Waals surface area (Å²) in [4.78, 5) is 47.8. The molecule has 1 aliphatic heterocycles. The van der Waals surface area contributed by atoms with Crippen molar-refractivity contribution in [3.63, 3.8) is 0 Å². The van der Waals surface area contributed by atoms with Gasteiger partial charge in [0.2, 0.25) is 0 Å². The van der Waals surface area contributed by atoms with E-state index >= 15 is 0 Å². The number of fused-ring (bicyclic) bond motifs is 1. The Balaban J connectivity index is 2.13. The van der Waals surface area contributed by atoms with Crippen molar-refractivity contribution < 1.29 is 24.4 Å². The summed E-state index contributed by atoms with van der Waals surface area (Å²) in [7, 11) is 0. The van der Waals surface area contributed by atoms with Crippen LogP contribution in [-0.2, 0) is 4.79 Å². The molecule has 0 radical (unpaired) electrons. The van der Waals surface area contributed by atoms with E-state index in [0.29, 0.717) is 0 Å². The Hall–Kier alpha value is -3.26. The van der Waals surface area contributed by atoms with Crippen LogP contribution in [0.1, 0.15) is 38.7 Å². The number of nitrogens with zero attached hydrogens (tertiary/aromatic N) is 2. The number of carbonyl (C=O) groups is 3. The van der Waals surface area contributed by atoms with Crippen LogP contribution in [0.3, 0.4) is 0 Å². The summed E-state index contributed by atoms with van der Waals surface area (Å²) in [6.07, 6.45) is -0.633. The Morgan fingerprint density at radius 1 is 1.15 bits per heavy atom. The Kier molecular flexibility index (Phi) is 4.43. The van der Waals surface area contributed by atoms with Crippen LogP contribution < -0.4 is 0 Å². The molecule has 1 aliphatic rings. The number of hydrogen-bond acceptors (Lipinski definition) is 5. The first kappa shape index (κ1) is 17.6. The number of aliphatic carboxylic acids is 1. The first-order valence-corrected chi connectivity index (χ1v) is 7.81. The van der Waals surface area contributed by atoms with Crippen LogP contribution in [0, 0.1) is 10.1 Å². The van der Waals surface area contributed by atoms with Gasteiger partial charge >= 0.3 is 5.97 Å². The molecule has 2 amide bonds. The number of benzene rings is 2. The molecule has 0 fully saturated rings. The minimum atomic E-state index is -1.28. The van der Waals surface area contributed by atoms with Gasteiger partial charge < -0.3 is 5.11 Å². The molecular weight excluding hydrogens is 364 g/mol. The topological polar surface area (TPSA) is 118 Å². The number of nitro groups is 1. The SMILES string of the molecule is O=C(O)CC(c1cc([N+](=O)[O-])ccc1Cl)N1C(=O)c2ccccc2C1=O. The van der Waals surface area contributed by atoms with Gasteiger partial charge in [-0.1, -0.05) is 23.7 Å². The summed E-state index contributed by atoms with van der Waals surface area (Å²) in [5.74, 6) is -2.62. The van der Waals surface area contributed by atoms with E-state index in [4.69, 9.17) is 11.6 Å². The van der Waals surface area contributed by atoms with E-state index in [1.54, 1.807) is 12.1 Å². The molecule has 8 nitrogen and oxygen atoms in total. The van der Waals surface area contributed by atoms with Crippen molar-refractivity contribution in [3.05, 3.63) is 74.3 Å². The first-order chi connectivity index (χ1) is 12.3. The van der Waals surface area contributed by atoms with E-state index in [1.807, 2.05) is 0 Å². The van der Waals surface area contributed by atoms with Gasteiger partial charge in [0.15, 0.2) is 0 Å². The van der Waals surface area contributed by atoms with Gasteiger partial charge in [0, 0.05) is 22.7 Å². The summed E-state index contributed by atoms with van der Waals surface area (Å²) >= 11 is 6.10. The Labute approximate surface area is 151 Å². The van der Waals surface area contributed by atoms with E-state index < -0.39 is 35.2 Å². The maximum absolute atomic E-state index is 12.7. The molecule has 2 aromatic carbocycles. The molecule has 0 saturated carbocycles. The lowest BCUT2D eigenvalue weighted by atomic mass is 10.0. The molecule has 132 valence electrons. The molecule has 1 heterocycles. The van der Waals surface area contributed by atoms with Gasteiger partial charge in [-0.25, -0.2) is 0 Å². The lowest BCUT2D eigenvalue weighted by Crippen LogP contribution is -2.35. The van der Waals surface area contributed by atoms with Crippen molar-refractivity contribution in [1.82, 2.24) is 4.90 Å². The van der Waals surface area contributed by atoms with Crippen molar-refractivity contribution in [1.29, 1.82) is 0 Å². The fourth-order valence-corrected chi connectivity index (χ4v) is 3.14. The lowest BCUT2D eigenvalue weighted by molar-refractivity contribution is -0.384. The molecule has 0 aliphatic carbocycles. The molecule has 0 aromatic heterocycles. The number of nitro benzene ring substituents is 1.